The monoisotopic (exact) mass is 444 g/mol. The first-order valence-electron chi connectivity index (χ1n) is 10.9. The van der Waals surface area contributed by atoms with Crippen LogP contribution in [0.1, 0.15) is 30.6 Å². The standard InChI is InChI=1S/C23H26F2N4O3/c1-23(2)9-14(30)11-29(23)21-17-20(32-12-13-10-26-7-8-28(13)22(17)31)18(25)19(27-21)15-5-3-4-6-16(15)24/h3-6,13-14,26,30H,7-12H2,1-2H3/t13-,14+/m1/s1. The first-order chi connectivity index (χ1) is 15.3. The van der Waals surface area contributed by atoms with E-state index >= 15 is 4.39 Å². The number of rotatable bonds is 2. The number of fused-ring (bicyclic) bond motifs is 2. The molecule has 2 aromatic rings. The quantitative estimate of drug-likeness (QED) is 0.740. The summed E-state index contributed by atoms with van der Waals surface area (Å²) in [6.45, 7) is 5.84. The number of anilines is 1. The van der Waals surface area contributed by atoms with Gasteiger partial charge in [-0.2, -0.15) is 0 Å². The van der Waals surface area contributed by atoms with Crippen molar-refractivity contribution in [1.29, 1.82) is 0 Å². The van der Waals surface area contributed by atoms with Gasteiger partial charge >= 0.3 is 0 Å². The third kappa shape index (κ3) is 3.31. The molecule has 0 unspecified atom stereocenters. The van der Waals surface area contributed by atoms with E-state index in [0.29, 0.717) is 26.1 Å². The number of aliphatic hydroxyl groups is 1. The number of nitrogens with one attached hydrogen (secondary N) is 1. The summed E-state index contributed by atoms with van der Waals surface area (Å²) in [6.07, 6.45) is -0.167. The molecule has 1 aromatic heterocycles. The SMILES string of the molecule is CC1(C)C[C@H](O)CN1c1nc(-c2ccccc2F)c(F)c2c1C(=O)N1CCNC[C@@H]1CO2. The van der Waals surface area contributed by atoms with Crippen LogP contribution < -0.4 is 15.0 Å². The van der Waals surface area contributed by atoms with E-state index < -0.39 is 23.3 Å². The van der Waals surface area contributed by atoms with Gasteiger partial charge in [-0.1, -0.05) is 12.1 Å². The minimum atomic E-state index is -0.854. The highest BCUT2D eigenvalue weighted by atomic mass is 19.1. The van der Waals surface area contributed by atoms with E-state index in [-0.39, 0.29) is 53.5 Å². The molecule has 170 valence electrons. The van der Waals surface area contributed by atoms with E-state index in [1.54, 1.807) is 11.0 Å². The Bertz CT molecular complexity index is 1080. The zero-order valence-corrected chi connectivity index (χ0v) is 18.1. The number of carbonyl (C=O) groups is 1. The van der Waals surface area contributed by atoms with E-state index in [9.17, 15) is 14.3 Å². The fourth-order valence-corrected chi connectivity index (χ4v) is 4.97. The third-order valence-corrected chi connectivity index (χ3v) is 6.56. The van der Waals surface area contributed by atoms with Gasteiger partial charge in [0.1, 0.15) is 29.5 Å². The molecule has 4 heterocycles. The van der Waals surface area contributed by atoms with Crippen molar-refractivity contribution >= 4 is 11.7 Å². The molecular formula is C23H26F2N4O3. The van der Waals surface area contributed by atoms with Gasteiger partial charge in [0.15, 0.2) is 11.6 Å². The smallest absolute Gasteiger partial charge is 0.261 e. The molecule has 5 rings (SSSR count). The summed E-state index contributed by atoms with van der Waals surface area (Å²) >= 11 is 0. The molecule has 32 heavy (non-hydrogen) atoms. The van der Waals surface area contributed by atoms with Gasteiger partial charge in [-0.3, -0.25) is 4.79 Å². The van der Waals surface area contributed by atoms with Crippen LogP contribution in [0.2, 0.25) is 0 Å². The average Bonchev–Trinajstić information content (AvgIpc) is 2.94. The van der Waals surface area contributed by atoms with Crippen molar-refractivity contribution in [2.45, 2.75) is 38.0 Å². The summed E-state index contributed by atoms with van der Waals surface area (Å²) in [5, 5.41) is 13.6. The Hall–Kier alpha value is -2.78. The molecule has 0 bridgehead atoms. The van der Waals surface area contributed by atoms with Crippen molar-refractivity contribution < 1.29 is 23.4 Å². The highest BCUT2D eigenvalue weighted by molar-refractivity contribution is 6.03. The van der Waals surface area contributed by atoms with Crippen LogP contribution in [0.3, 0.4) is 0 Å². The zero-order valence-electron chi connectivity index (χ0n) is 18.1. The molecule has 9 heteroatoms. The number of aliphatic hydroxyl groups excluding tert-OH is 1. The van der Waals surface area contributed by atoms with Gasteiger partial charge in [0.25, 0.3) is 5.91 Å². The number of amides is 1. The molecule has 1 amide bonds. The maximum absolute atomic E-state index is 15.8. The number of pyridine rings is 1. The van der Waals surface area contributed by atoms with Crippen molar-refractivity contribution in [3.8, 4) is 17.0 Å². The second-order valence-electron chi connectivity index (χ2n) is 9.23. The van der Waals surface area contributed by atoms with Crippen LogP contribution in [-0.4, -0.2) is 71.4 Å². The molecule has 2 N–H and O–H groups in total. The third-order valence-electron chi connectivity index (χ3n) is 6.56. The number of carbonyl (C=O) groups excluding carboxylic acids is 1. The minimum absolute atomic E-state index is 0.00807. The lowest BCUT2D eigenvalue weighted by atomic mass is 10.00. The largest absolute Gasteiger partial charge is 0.487 e. The van der Waals surface area contributed by atoms with Crippen molar-refractivity contribution in [3.05, 3.63) is 41.5 Å². The van der Waals surface area contributed by atoms with Crippen LogP contribution in [0.4, 0.5) is 14.6 Å². The molecule has 0 spiro atoms. The van der Waals surface area contributed by atoms with E-state index in [0.717, 1.165) is 0 Å². The second kappa shape index (κ2) is 7.67. The van der Waals surface area contributed by atoms with Crippen molar-refractivity contribution in [2.24, 2.45) is 0 Å². The van der Waals surface area contributed by atoms with Gasteiger partial charge in [0.2, 0.25) is 0 Å². The Morgan fingerprint density at radius 2 is 2.06 bits per heavy atom. The molecule has 2 saturated heterocycles. The molecule has 0 saturated carbocycles. The van der Waals surface area contributed by atoms with Crippen LogP contribution in [-0.2, 0) is 0 Å². The highest BCUT2D eigenvalue weighted by Gasteiger charge is 2.44. The van der Waals surface area contributed by atoms with Gasteiger partial charge in [-0.15, -0.1) is 0 Å². The fourth-order valence-electron chi connectivity index (χ4n) is 4.97. The summed E-state index contributed by atoms with van der Waals surface area (Å²) in [5.74, 6) is -1.82. The number of hydrogen-bond acceptors (Lipinski definition) is 6. The number of hydrogen-bond donors (Lipinski definition) is 2. The number of piperazine rings is 1. The van der Waals surface area contributed by atoms with Crippen LogP contribution in [0.25, 0.3) is 11.3 Å². The normalized spacial score (nSPS) is 24.6. The number of β-amino-alcohol motifs (C(OH)–C–C–N with tert-alkyl or cyclic N) is 1. The first kappa shape index (κ1) is 21.1. The molecule has 0 radical (unpaired) electrons. The molecule has 3 aliphatic rings. The molecule has 0 aliphatic carbocycles. The van der Waals surface area contributed by atoms with Gasteiger partial charge in [0, 0.05) is 37.3 Å². The molecule has 7 nitrogen and oxygen atoms in total. The summed E-state index contributed by atoms with van der Waals surface area (Å²) in [5.41, 5.74) is -0.722. The predicted molar refractivity (Wildman–Crippen MR) is 115 cm³/mol. The van der Waals surface area contributed by atoms with Gasteiger partial charge < -0.3 is 25.0 Å². The van der Waals surface area contributed by atoms with Gasteiger partial charge in [-0.25, -0.2) is 13.8 Å². The maximum Gasteiger partial charge on any atom is 0.261 e. The fraction of sp³-hybridized carbons (Fsp3) is 0.478. The highest BCUT2D eigenvalue weighted by Crippen LogP contribution is 2.43. The molecule has 2 fully saturated rings. The summed E-state index contributed by atoms with van der Waals surface area (Å²) in [7, 11) is 0. The first-order valence-corrected chi connectivity index (χ1v) is 10.9. The van der Waals surface area contributed by atoms with Crippen LogP contribution in [0.5, 0.6) is 5.75 Å². The Kier molecular flexibility index (Phi) is 5.05. The molecule has 2 atom stereocenters. The van der Waals surface area contributed by atoms with Crippen LogP contribution >= 0.6 is 0 Å². The lowest BCUT2D eigenvalue weighted by Gasteiger charge is -2.36. The zero-order chi connectivity index (χ0) is 22.6. The van der Waals surface area contributed by atoms with E-state index in [2.05, 4.69) is 10.3 Å². The number of halogens is 2. The number of aromatic nitrogens is 1. The molecule has 1 aromatic carbocycles. The topological polar surface area (TPSA) is 77.9 Å². The lowest BCUT2D eigenvalue weighted by Crippen LogP contribution is -2.55. The number of ether oxygens (including phenoxy) is 1. The van der Waals surface area contributed by atoms with E-state index in [1.807, 2.05) is 18.7 Å². The minimum Gasteiger partial charge on any atom is -0.487 e. The Morgan fingerprint density at radius 1 is 1.28 bits per heavy atom. The van der Waals surface area contributed by atoms with Gasteiger partial charge in [0.05, 0.1) is 12.1 Å². The Morgan fingerprint density at radius 3 is 2.78 bits per heavy atom. The van der Waals surface area contributed by atoms with Crippen LogP contribution in [0.15, 0.2) is 24.3 Å². The molecule has 3 aliphatic heterocycles. The van der Waals surface area contributed by atoms with E-state index in [4.69, 9.17) is 4.74 Å². The number of nitrogens with zero attached hydrogens (tertiary/aromatic N) is 3. The van der Waals surface area contributed by atoms with Crippen molar-refractivity contribution in [3.63, 3.8) is 0 Å². The second-order valence-corrected chi connectivity index (χ2v) is 9.23. The predicted octanol–water partition coefficient (Wildman–Crippen LogP) is 2.18. The van der Waals surface area contributed by atoms with Crippen molar-refractivity contribution in [2.75, 3.05) is 37.7 Å². The maximum atomic E-state index is 15.8. The summed E-state index contributed by atoms with van der Waals surface area (Å²) < 4.78 is 36.3. The van der Waals surface area contributed by atoms with Crippen LogP contribution in [0, 0.1) is 11.6 Å². The van der Waals surface area contributed by atoms with Gasteiger partial charge in [-0.05, 0) is 32.4 Å². The van der Waals surface area contributed by atoms with E-state index in [1.165, 1.54) is 18.2 Å². The number of benzene rings is 1. The summed E-state index contributed by atoms with van der Waals surface area (Å²) in [4.78, 5) is 21.7. The van der Waals surface area contributed by atoms with Crippen molar-refractivity contribution in [1.82, 2.24) is 15.2 Å². The molecular weight excluding hydrogens is 418 g/mol. The lowest BCUT2D eigenvalue weighted by molar-refractivity contribution is 0.0606. The average molecular weight is 444 g/mol. The Balaban J connectivity index is 1.76. The Labute approximate surface area is 185 Å². The summed E-state index contributed by atoms with van der Waals surface area (Å²) in [6, 6.07) is 5.57.